The quantitative estimate of drug-likeness (QED) is 0.480. The molecule has 0 radical (unpaired) electrons. The van der Waals surface area contributed by atoms with E-state index in [1.165, 1.54) is 0 Å². The minimum Gasteiger partial charge on any atom is -0.462 e. The van der Waals surface area contributed by atoms with Gasteiger partial charge in [0, 0.05) is 6.42 Å². The molecule has 0 fully saturated rings. The van der Waals surface area contributed by atoms with Gasteiger partial charge in [0.25, 0.3) is 0 Å². The lowest BCUT2D eigenvalue weighted by Gasteiger charge is -2.20. The molecule has 0 N–H and O–H groups in total. The van der Waals surface area contributed by atoms with Crippen molar-refractivity contribution in [3.63, 3.8) is 0 Å². The van der Waals surface area contributed by atoms with Gasteiger partial charge < -0.3 is 14.2 Å². The molecule has 0 unspecified atom stereocenters. The average Bonchev–Trinajstić information content (AvgIpc) is 2.39. The van der Waals surface area contributed by atoms with E-state index in [2.05, 4.69) is 0 Å². The van der Waals surface area contributed by atoms with Crippen molar-refractivity contribution in [3.8, 4) is 0 Å². The first-order valence-corrected chi connectivity index (χ1v) is 7.66. The van der Waals surface area contributed by atoms with Crippen LogP contribution < -0.4 is 0 Å². The lowest BCUT2D eigenvalue weighted by Crippen LogP contribution is -2.33. The summed E-state index contributed by atoms with van der Waals surface area (Å²) in [6, 6.07) is 0. The molecule has 0 aromatic carbocycles. The Kier molecular flexibility index (Phi) is 9.45. The Morgan fingerprint density at radius 2 is 1.27 bits per heavy atom. The summed E-state index contributed by atoms with van der Waals surface area (Å²) in [5.74, 6) is -1.58. The summed E-state index contributed by atoms with van der Waals surface area (Å²) in [5, 5.41) is 0. The number of carbonyl (C=O) groups is 3. The molecule has 0 rings (SSSR count). The molecule has 0 heterocycles. The SMILES string of the molecule is CC(C)CC(=O)OC[C@@H](COC(=O)C(C)C)OC(=O)C(C)C. The zero-order valence-corrected chi connectivity index (χ0v) is 14.4. The maximum Gasteiger partial charge on any atom is 0.308 e. The molecule has 0 amide bonds. The van der Waals surface area contributed by atoms with Gasteiger partial charge in [0.15, 0.2) is 6.10 Å². The van der Waals surface area contributed by atoms with Crippen LogP contribution >= 0.6 is 0 Å². The summed E-state index contributed by atoms with van der Waals surface area (Å²) < 4.78 is 15.3. The van der Waals surface area contributed by atoms with Crippen LogP contribution in [0, 0.1) is 17.8 Å². The molecule has 0 spiro atoms. The molecule has 0 saturated carbocycles. The van der Waals surface area contributed by atoms with Crippen LogP contribution in [0.1, 0.15) is 48.0 Å². The van der Waals surface area contributed by atoms with Crippen molar-refractivity contribution in [2.75, 3.05) is 13.2 Å². The number of ether oxygens (including phenoxy) is 3. The minimum absolute atomic E-state index is 0.116. The van der Waals surface area contributed by atoms with Crippen molar-refractivity contribution in [1.82, 2.24) is 0 Å². The first-order valence-electron chi connectivity index (χ1n) is 7.66. The van der Waals surface area contributed by atoms with Gasteiger partial charge in [-0.15, -0.1) is 0 Å². The van der Waals surface area contributed by atoms with Gasteiger partial charge in [-0.2, -0.15) is 0 Å². The molecule has 0 saturated heterocycles. The van der Waals surface area contributed by atoms with Crippen LogP contribution in [-0.4, -0.2) is 37.2 Å². The number of carbonyl (C=O) groups excluding carboxylic acids is 3. The molecular weight excluding hydrogens is 288 g/mol. The van der Waals surface area contributed by atoms with Crippen LogP contribution in [0.4, 0.5) is 0 Å². The maximum absolute atomic E-state index is 11.7. The number of rotatable bonds is 9. The maximum atomic E-state index is 11.7. The predicted molar refractivity (Wildman–Crippen MR) is 80.9 cm³/mol. The van der Waals surface area contributed by atoms with Gasteiger partial charge in [-0.25, -0.2) is 0 Å². The summed E-state index contributed by atoms with van der Waals surface area (Å²) in [6.07, 6.45) is -0.495. The molecule has 0 aromatic heterocycles. The third-order valence-electron chi connectivity index (χ3n) is 2.64. The highest BCUT2D eigenvalue weighted by Crippen LogP contribution is 2.07. The van der Waals surface area contributed by atoms with E-state index < -0.39 is 12.1 Å². The van der Waals surface area contributed by atoms with Crippen molar-refractivity contribution in [2.45, 2.75) is 54.1 Å². The molecule has 128 valence electrons. The number of hydrogen-bond donors (Lipinski definition) is 0. The van der Waals surface area contributed by atoms with Gasteiger partial charge in [-0.3, -0.25) is 14.4 Å². The second-order valence-electron chi connectivity index (χ2n) is 6.28. The van der Waals surface area contributed by atoms with E-state index >= 15 is 0 Å². The highest BCUT2D eigenvalue weighted by molar-refractivity contribution is 5.72. The summed E-state index contributed by atoms with van der Waals surface area (Å²) in [5.41, 5.74) is 0. The molecule has 0 aliphatic carbocycles. The summed E-state index contributed by atoms with van der Waals surface area (Å²) >= 11 is 0. The fourth-order valence-corrected chi connectivity index (χ4v) is 1.34. The topological polar surface area (TPSA) is 78.9 Å². The van der Waals surface area contributed by atoms with E-state index in [4.69, 9.17) is 14.2 Å². The summed E-state index contributed by atoms with van der Waals surface area (Å²) in [7, 11) is 0. The van der Waals surface area contributed by atoms with E-state index in [1.807, 2.05) is 13.8 Å². The first kappa shape index (κ1) is 20.4. The Morgan fingerprint density at radius 3 is 1.73 bits per heavy atom. The second kappa shape index (κ2) is 10.2. The smallest absolute Gasteiger partial charge is 0.308 e. The second-order valence-corrected chi connectivity index (χ2v) is 6.28. The van der Waals surface area contributed by atoms with Crippen molar-refractivity contribution in [3.05, 3.63) is 0 Å². The fraction of sp³-hybridized carbons (Fsp3) is 0.812. The Bertz CT molecular complexity index is 373. The van der Waals surface area contributed by atoms with E-state index in [0.29, 0.717) is 0 Å². The van der Waals surface area contributed by atoms with Gasteiger partial charge in [0.2, 0.25) is 0 Å². The van der Waals surface area contributed by atoms with Gasteiger partial charge in [-0.1, -0.05) is 41.5 Å². The molecule has 22 heavy (non-hydrogen) atoms. The normalized spacial score (nSPS) is 12.4. The van der Waals surface area contributed by atoms with E-state index in [9.17, 15) is 14.4 Å². The molecule has 0 aromatic rings. The molecule has 0 aliphatic heterocycles. The Hall–Kier alpha value is -1.59. The van der Waals surface area contributed by atoms with Crippen LogP contribution in [0.2, 0.25) is 0 Å². The van der Waals surface area contributed by atoms with Crippen molar-refractivity contribution >= 4 is 17.9 Å². The Balaban J connectivity index is 4.48. The minimum atomic E-state index is -0.784. The largest absolute Gasteiger partial charge is 0.462 e. The van der Waals surface area contributed by atoms with Gasteiger partial charge >= 0.3 is 17.9 Å². The first-order chi connectivity index (χ1) is 10.1. The highest BCUT2D eigenvalue weighted by atomic mass is 16.6. The molecule has 6 nitrogen and oxygen atoms in total. The third kappa shape index (κ3) is 9.37. The van der Waals surface area contributed by atoms with Gasteiger partial charge in [0.1, 0.15) is 13.2 Å². The zero-order chi connectivity index (χ0) is 17.3. The zero-order valence-electron chi connectivity index (χ0n) is 14.4. The van der Waals surface area contributed by atoms with Crippen LogP contribution in [0.25, 0.3) is 0 Å². The fourth-order valence-electron chi connectivity index (χ4n) is 1.34. The molecule has 0 aliphatic rings. The van der Waals surface area contributed by atoms with E-state index in [0.717, 1.165) is 0 Å². The van der Waals surface area contributed by atoms with E-state index in [1.54, 1.807) is 27.7 Å². The monoisotopic (exact) mass is 316 g/mol. The summed E-state index contributed by atoms with van der Waals surface area (Å²) in [4.78, 5) is 34.7. The predicted octanol–water partition coefficient (Wildman–Crippen LogP) is 2.34. The van der Waals surface area contributed by atoms with Gasteiger partial charge in [0.05, 0.1) is 11.8 Å². The lowest BCUT2D eigenvalue weighted by molar-refractivity contribution is -0.170. The van der Waals surface area contributed by atoms with Crippen molar-refractivity contribution in [2.24, 2.45) is 17.8 Å². The molecule has 0 bridgehead atoms. The standard InChI is InChI=1S/C16H28O6/c1-10(2)7-14(17)20-8-13(22-16(19)12(5)6)9-21-15(18)11(3)4/h10-13H,7-9H2,1-6H3/t13-/m0/s1. The van der Waals surface area contributed by atoms with Crippen LogP contribution in [-0.2, 0) is 28.6 Å². The number of hydrogen-bond acceptors (Lipinski definition) is 6. The molecular formula is C16H28O6. The van der Waals surface area contributed by atoms with Crippen LogP contribution in [0.5, 0.6) is 0 Å². The van der Waals surface area contributed by atoms with E-state index in [-0.39, 0.29) is 49.3 Å². The van der Waals surface area contributed by atoms with Crippen LogP contribution in [0.15, 0.2) is 0 Å². The Morgan fingerprint density at radius 1 is 0.773 bits per heavy atom. The van der Waals surface area contributed by atoms with Gasteiger partial charge in [-0.05, 0) is 5.92 Å². The highest BCUT2D eigenvalue weighted by Gasteiger charge is 2.21. The van der Waals surface area contributed by atoms with Crippen molar-refractivity contribution in [1.29, 1.82) is 0 Å². The lowest BCUT2D eigenvalue weighted by atomic mass is 10.1. The number of esters is 3. The average molecular weight is 316 g/mol. The van der Waals surface area contributed by atoms with Crippen LogP contribution in [0.3, 0.4) is 0 Å². The third-order valence-corrected chi connectivity index (χ3v) is 2.64. The molecule has 6 heteroatoms. The van der Waals surface area contributed by atoms with Crippen molar-refractivity contribution < 1.29 is 28.6 Å². The Labute approximate surface area is 132 Å². The summed E-state index contributed by atoms with van der Waals surface area (Å²) in [6.45, 7) is 10.4. The molecule has 1 atom stereocenters.